The molecule has 4 rings (SSSR count). The number of methoxy groups -OCH3 is 1. The van der Waals surface area contributed by atoms with Crippen molar-refractivity contribution < 1.29 is 14.3 Å². The third-order valence-corrected chi connectivity index (χ3v) is 5.43. The maximum absolute atomic E-state index is 13.2. The fourth-order valence-corrected chi connectivity index (χ4v) is 3.60. The molecule has 1 aliphatic heterocycles. The number of piperazine rings is 1. The van der Waals surface area contributed by atoms with E-state index in [2.05, 4.69) is 20.2 Å². The SMILES string of the molecule is COc1cccc(N2CCN(C(=O)c3nccnc3NC(=O)c3ccc(C)cc3)CC2)c1. The minimum atomic E-state index is -0.331. The molecule has 0 spiro atoms. The largest absolute Gasteiger partial charge is 0.497 e. The highest BCUT2D eigenvalue weighted by molar-refractivity contribution is 6.07. The van der Waals surface area contributed by atoms with Gasteiger partial charge in [0.15, 0.2) is 11.5 Å². The second-order valence-corrected chi connectivity index (χ2v) is 7.55. The fourth-order valence-electron chi connectivity index (χ4n) is 3.60. The number of hydrogen-bond acceptors (Lipinski definition) is 6. The van der Waals surface area contributed by atoms with Crippen LogP contribution in [-0.4, -0.2) is 60.0 Å². The summed E-state index contributed by atoms with van der Waals surface area (Å²) in [6.45, 7) is 4.40. The lowest BCUT2D eigenvalue weighted by Crippen LogP contribution is -2.49. The molecule has 3 aromatic rings. The number of amides is 2. The van der Waals surface area contributed by atoms with Crippen molar-refractivity contribution in [1.82, 2.24) is 14.9 Å². The minimum absolute atomic E-state index is 0.141. The molecule has 0 aliphatic carbocycles. The molecule has 1 fully saturated rings. The van der Waals surface area contributed by atoms with Crippen LogP contribution in [0.25, 0.3) is 0 Å². The highest BCUT2D eigenvalue weighted by Crippen LogP contribution is 2.23. The molecule has 1 N–H and O–H groups in total. The molecule has 0 radical (unpaired) electrons. The summed E-state index contributed by atoms with van der Waals surface area (Å²) >= 11 is 0. The minimum Gasteiger partial charge on any atom is -0.497 e. The Bertz CT molecular complexity index is 1110. The lowest BCUT2D eigenvalue weighted by Gasteiger charge is -2.36. The number of ether oxygens (including phenoxy) is 1. The van der Waals surface area contributed by atoms with Crippen molar-refractivity contribution in [1.29, 1.82) is 0 Å². The van der Waals surface area contributed by atoms with E-state index in [1.165, 1.54) is 12.4 Å². The predicted octanol–water partition coefficient (Wildman–Crippen LogP) is 3.01. The van der Waals surface area contributed by atoms with Gasteiger partial charge in [0.25, 0.3) is 11.8 Å². The lowest BCUT2D eigenvalue weighted by atomic mass is 10.1. The molecule has 8 nitrogen and oxygen atoms in total. The van der Waals surface area contributed by atoms with Crippen LogP contribution in [0.4, 0.5) is 11.5 Å². The lowest BCUT2D eigenvalue weighted by molar-refractivity contribution is 0.0741. The molecule has 2 amide bonds. The molecule has 1 aliphatic rings. The van der Waals surface area contributed by atoms with Crippen LogP contribution in [0.1, 0.15) is 26.4 Å². The van der Waals surface area contributed by atoms with E-state index in [-0.39, 0.29) is 23.3 Å². The molecule has 0 bridgehead atoms. The molecule has 2 heterocycles. The quantitative estimate of drug-likeness (QED) is 0.668. The van der Waals surface area contributed by atoms with E-state index in [9.17, 15) is 9.59 Å². The summed E-state index contributed by atoms with van der Waals surface area (Å²) in [7, 11) is 1.64. The van der Waals surface area contributed by atoms with Gasteiger partial charge in [0.1, 0.15) is 5.75 Å². The standard InChI is InChI=1S/C24H25N5O3/c1-17-6-8-18(9-7-17)23(30)27-22-21(25-10-11-26-22)24(31)29-14-12-28(13-15-29)19-4-3-5-20(16-19)32-2/h3-11,16H,12-15H2,1-2H3,(H,26,27,30). The Morgan fingerprint density at radius 3 is 2.41 bits per heavy atom. The number of benzene rings is 2. The van der Waals surface area contributed by atoms with Gasteiger partial charge in [0, 0.05) is 55.9 Å². The molecule has 164 valence electrons. The molecule has 32 heavy (non-hydrogen) atoms. The van der Waals surface area contributed by atoms with Crippen molar-refractivity contribution in [3.05, 3.63) is 77.7 Å². The van der Waals surface area contributed by atoms with E-state index in [1.54, 1.807) is 24.1 Å². The third kappa shape index (κ3) is 4.69. The van der Waals surface area contributed by atoms with Crippen molar-refractivity contribution in [3.8, 4) is 5.75 Å². The van der Waals surface area contributed by atoms with Crippen molar-refractivity contribution >= 4 is 23.3 Å². The summed E-state index contributed by atoms with van der Waals surface area (Å²) in [4.78, 5) is 38.1. The first-order chi connectivity index (χ1) is 15.5. The van der Waals surface area contributed by atoms with E-state index >= 15 is 0 Å². The van der Waals surface area contributed by atoms with E-state index in [0.29, 0.717) is 31.7 Å². The Labute approximate surface area is 186 Å². The summed E-state index contributed by atoms with van der Waals surface area (Å²) in [6.07, 6.45) is 2.92. The highest BCUT2D eigenvalue weighted by atomic mass is 16.5. The van der Waals surface area contributed by atoms with E-state index in [0.717, 1.165) is 17.0 Å². The van der Waals surface area contributed by atoms with Crippen molar-refractivity contribution in [2.75, 3.05) is 43.5 Å². The van der Waals surface area contributed by atoms with Crippen molar-refractivity contribution in [2.24, 2.45) is 0 Å². The Morgan fingerprint density at radius 1 is 0.969 bits per heavy atom. The second kappa shape index (κ2) is 9.47. The van der Waals surface area contributed by atoms with Crippen LogP contribution in [0.3, 0.4) is 0 Å². The van der Waals surface area contributed by atoms with Crippen LogP contribution in [0.2, 0.25) is 0 Å². The topological polar surface area (TPSA) is 87.7 Å². The van der Waals surface area contributed by atoms with Gasteiger partial charge in [-0.25, -0.2) is 9.97 Å². The molecule has 2 aromatic carbocycles. The zero-order valence-corrected chi connectivity index (χ0v) is 18.1. The average Bonchev–Trinajstić information content (AvgIpc) is 2.84. The molecule has 0 saturated carbocycles. The summed E-state index contributed by atoms with van der Waals surface area (Å²) < 4.78 is 5.30. The van der Waals surface area contributed by atoms with Gasteiger partial charge in [-0.2, -0.15) is 0 Å². The number of nitrogens with one attached hydrogen (secondary N) is 1. The van der Waals surface area contributed by atoms with Gasteiger partial charge in [-0.3, -0.25) is 9.59 Å². The van der Waals surface area contributed by atoms with Gasteiger partial charge in [0.2, 0.25) is 0 Å². The molecule has 0 atom stereocenters. The first-order valence-electron chi connectivity index (χ1n) is 10.4. The number of hydrogen-bond donors (Lipinski definition) is 1. The Morgan fingerprint density at radius 2 is 1.69 bits per heavy atom. The molecular formula is C24H25N5O3. The fraction of sp³-hybridized carbons (Fsp3) is 0.250. The Balaban J connectivity index is 1.44. The first-order valence-corrected chi connectivity index (χ1v) is 10.4. The van der Waals surface area contributed by atoms with Crippen LogP contribution < -0.4 is 15.0 Å². The number of carbonyl (C=O) groups excluding carboxylic acids is 2. The molecule has 1 saturated heterocycles. The summed E-state index contributed by atoms with van der Waals surface area (Å²) in [5, 5.41) is 2.73. The van der Waals surface area contributed by atoms with Gasteiger partial charge in [-0.1, -0.05) is 23.8 Å². The van der Waals surface area contributed by atoms with Crippen LogP contribution in [0.5, 0.6) is 5.75 Å². The van der Waals surface area contributed by atoms with E-state index in [1.807, 2.05) is 43.3 Å². The van der Waals surface area contributed by atoms with Gasteiger partial charge in [0.05, 0.1) is 7.11 Å². The number of carbonyl (C=O) groups is 2. The molecule has 0 unspecified atom stereocenters. The monoisotopic (exact) mass is 431 g/mol. The number of anilines is 2. The Hall–Kier alpha value is -3.94. The number of aromatic nitrogens is 2. The molecule has 8 heteroatoms. The number of nitrogens with zero attached hydrogens (tertiary/aromatic N) is 4. The van der Waals surface area contributed by atoms with Gasteiger partial charge in [-0.15, -0.1) is 0 Å². The maximum Gasteiger partial charge on any atom is 0.276 e. The summed E-state index contributed by atoms with van der Waals surface area (Å²) in [5.41, 5.74) is 2.75. The first kappa shape index (κ1) is 21.3. The normalized spacial score (nSPS) is 13.6. The van der Waals surface area contributed by atoms with Gasteiger partial charge >= 0.3 is 0 Å². The molecular weight excluding hydrogens is 406 g/mol. The van der Waals surface area contributed by atoms with Crippen molar-refractivity contribution in [2.45, 2.75) is 6.92 Å². The van der Waals surface area contributed by atoms with Crippen LogP contribution in [0, 0.1) is 6.92 Å². The van der Waals surface area contributed by atoms with Crippen LogP contribution in [0.15, 0.2) is 60.9 Å². The van der Waals surface area contributed by atoms with Gasteiger partial charge < -0.3 is 19.9 Å². The highest BCUT2D eigenvalue weighted by Gasteiger charge is 2.26. The summed E-state index contributed by atoms with van der Waals surface area (Å²) in [6, 6.07) is 15.1. The van der Waals surface area contributed by atoms with Crippen LogP contribution >= 0.6 is 0 Å². The van der Waals surface area contributed by atoms with E-state index < -0.39 is 0 Å². The van der Waals surface area contributed by atoms with Crippen LogP contribution in [-0.2, 0) is 0 Å². The van der Waals surface area contributed by atoms with Crippen molar-refractivity contribution in [3.63, 3.8) is 0 Å². The molecule has 1 aromatic heterocycles. The second-order valence-electron chi connectivity index (χ2n) is 7.55. The smallest absolute Gasteiger partial charge is 0.276 e. The third-order valence-electron chi connectivity index (χ3n) is 5.43. The number of aryl methyl sites for hydroxylation is 1. The number of rotatable bonds is 5. The van der Waals surface area contributed by atoms with Gasteiger partial charge in [-0.05, 0) is 31.2 Å². The maximum atomic E-state index is 13.2. The predicted molar refractivity (Wildman–Crippen MR) is 122 cm³/mol. The average molecular weight is 431 g/mol. The zero-order chi connectivity index (χ0) is 22.5. The Kier molecular flexibility index (Phi) is 6.30. The summed E-state index contributed by atoms with van der Waals surface area (Å²) in [5.74, 6) is 0.387. The zero-order valence-electron chi connectivity index (χ0n) is 18.1. The van der Waals surface area contributed by atoms with E-state index in [4.69, 9.17) is 4.74 Å².